The van der Waals surface area contributed by atoms with Crippen LogP contribution in [0.2, 0.25) is 0 Å². The van der Waals surface area contributed by atoms with Gasteiger partial charge < -0.3 is 4.52 Å². The van der Waals surface area contributed by atoms with Gasteiger partial charge >= 0.3 is 0 Å². The van der Waals surface area contributed by atoms with E-state index in [0.29, 0.717) is 11.4 Å². The molecule has 5 heteroatoms. The summed E-state index contributed by atoms with van der Waals surface area (Å²) in [6.07, 6.45) is 0.0766. The third-order valence-electron chi connectivity index (χ3n) is 2.13. The van der Waals surface area contributed by atoms with Crippen LogP contribution in [0.1, 0.15) is 11.5 Å². The summed E-state index contributed by atoms with van der Waals surface area (Å²) in [5, 5.41) is 12.2. The van der Waals surface area contributed by atoms with Crippen LogP contribution in [0.3, 0.4) is 0 Å². The van der Waals surface area contributed by atoms with E-state index in [9.17, 15) is 4.39 Å². The number of benzene rings is 1. The summed E-state index contributed by atoms with van der Waals surface area (Å²) in [5.41, 5.74) is 1.43. The average Bonchev–Trinajstić information content (AvgIpc) is 2.67. The number of nitriles is 1. The molecule has 16 heavy (non-hydrogen) atoms. The smallest absolute Gasteiger partial charge is 0.241 e. The quantitative estimate of drug-likeness (QED) is 0.773. The molecule has 0 spiro atoms. The Hall–Kier alpha value is -2.22. The molecule has 4 nitrogen and oxygen atoms in total. The summed E-state index contributed by atoms with van der Waals surface area (Å²) < 4.78 is 17.7. The maximum absolute atomic E-state index is 12.9. The lowest BCUT2D eigenvalue weighted by atomic mass is 10.1. The minimum atomic E-state index is -0.304. The first kappa shape index (κ1) is 10.3. The number of nitrogens with zero attached hydrogens (tertiary/aromatic N) is 3. The zero-order valence-electron chi connectivity index (χ0n) is 8.57. The monoisotopic (exact) mass is 217 g/mol. The van der Waals surface area contributed by atoms with Gasteiger partial charge in [0.05, 0.1) is 6.07 Å². The van der Waals surface area contributed by atoms with Gasteiger partial charge in [-0.3, -0.25) is 0 Å². The molecule has 0 aliphatic rings. The highest BCUT2D eigenvalue weighted by Crippen LogP contribution is 2.21. The van der Waals surface area contributed by atoms with Crippen molar-refractivity contribution in [3.63, 3.8) is 0 Å². The zero-order valence-corrected chi connectivity index (χ0v) is 8.57. The maximum Gasteiger partial charge on any atom is 0.241 e. The van der Waals surface area contributed by atoms with Crippen molar-refractivity contribution in [3.8, 4) is 17.5 Å². The molecule has 0 aliphatic carbocycles. The first-order chi connectivity index (χ1) is 7.70. The van der Waals surface area contributed by atoms with Crippen molar-refractivity contribution in [1.29, 1.82) is 5.26 Å². The fourth-order valence-corrected chi connectivity index (χ4v) is 1.38. The van der Waals surface area contributed by atoms with Gasteiger partial charge in [-0.05, 0) is 30.7 Å². The average molecular weight is 217 g/mol. The van der Waals surface area contributed by atoms with E-state index in [4.69, 9.17) is 9.78 Å². The molecule has 0 saturated heterocycles. The molecule has 1 aromatic heterocycles. The van der Waals surface area contributed by atoms with Crippen LogP contribution in [0.5, 0.6) is 0 Å². The van der Waals surface area contributed by atoms with E-state index in [0.717, 1.165) is 5.56 Å². The van der Waals surface area contributed by atoms with Gasteiger partial charge in [0.2, 0.25) is 11.7 Å². The molecule has 0 aliphatic heterocycles. The Kier molecular flexibility index (Phi) is 2.64. The molecule has 0 atom stereocenters. The van der Waals surface area contributed by atoms with Gasteiger partial charge in [0.1, 0.15) is 12.2 Å². The van der Waals surface area contributed by atoms with Crippen molar-refractivity contribution >= 4 is 0 Å². The molecule has 2 aromatic rings. The lowest BCUT2D eigenvalue weighted by molar-refractivity contribution is 0.388. The summed E-state index contributed by atoms with van der Waals surface area (Å²) in [4.78, 5) is 4.04. The van der Waals surface area contributed by atoms with Gasteiger partial charge in [0.15, 0.2) is 0 Å². The van der Waals surface area contributed by atoms with Crippen LogP contribution in [0, 0.1) is 24.1 Å². The topological polar surface area (TPSA) is 62.7 Å². The Bertz CT molecular complexity index is 557. The van der Waals surface area contributed by atoms with Gasteiger partial charge in [-0.2, -0.15) is 10.2 Å². The van der Waals surface area contributed by atoms with Gasteiger partial charge in [-0.25, -0.2) is 4.39 Å². The lowest BCUT2D eigenvalue weighted by Gasteiger charge is -1.99. The summed E-state index contributed by atoms with van der Waals surface area (Å²) >= 11 is 0. The molecule has 1 aromatic carbocycles. The molecule has 80 valence electrons. The Labute approximate surface area is 91.3 Å². The van der Waals surface area contributed by atoms with Crippen molar-refractivity contribution in [2.75, 3.05) is 0 Å². The normalized spacial score (nSPS) is 10.1. The molecule has 0 radical (unpaired) electrons. The van der Waals surface area contributed by atoms with E-state index in [2.05, 4.69) is 10.1 Å². The largest absolute Gasteiger partial charge is 0.338 e. The second kappa shape index (κ2) is 4.11. The summed E-state index contributed by atoms with van der Waals surface area (Å²) in [6, 6.07) is 6.24. The molecular weight excluding hydrogens is 209 g/mol. The van der Waals surface area contributed by atoms with Crippen molar-refractivity contribution in [1.82, 2.24) is 10.1 Å². The van der Waals surface area contributed by atoms with Crippen molar-refractivity contribution in [3.05, 3.63) is 35.5 Å². The summed E-state index contributed by atoms with van der Waals surface area (Å²) in [7, 11) is 0. The van der Waals surface area contributed by atoms with Gasteiger partial charge in [-0.1, -0.05) is 5.16 Å². The first-order valence-corrected chi connectivity index (χ1v) is 4.67. The zero-order chi connectivity index (χ0) is 11.5. The Morgan fingerprint density at radius 1 is 1.50 bits per heavy atom. The Balaban J connectivity index is 2.39. The number of aryl methyl sites for hydroxylation is 1. The first-order valence-electron chi connectivity index (χ1n) is 4.67. The maximum atomic E-state index is 12.9. The molecule has 0 bridgehead atoms. The predicted octanol–water partition coefficient (Wildman–Crippen LogP) is 2.25. The van der Waals surface area contributed by atoms with Crippen LogP contribution in [-0.2, 0) is 6.42 Å². The van der Waals surface area contributed by atoms with Crippen molar-refractivity contribution < 1.29 is 8.91 Å². The highest BCUT2D eigenvalue weighted by molar-refractivity contribution is 5.59. The second-order valence-electron chi connectivity index (χ2n) is 3.31. The molecule has 0 N–H and O–H groups in total. The third-order valence-corrected chi connectivity index (χ3v) is 2.13. The molecule has 2 rings (SSSR count). The molecule has 0 fully saturated rings. The summed E-state index contributed by atoms with van der Waals surface area (Å²) in [6.45, 7) is 1.76. The molecule has 0 unspecified atom stereocenters. The van der Waals surface area contributed by atoms with Crippen LogP contribution in [0.4, 0.5) is 4.39 Å². The number of aromatic nitrogens is 2. The fraction of sp³-hybridized carbons (Fsp3) is 0.182. The van der Waals surface area contributed by atoms with Crippen LogP contribution < -0.4 is 0 Å². The number of rotatable bonds is 2. The molecular formula is C11H8FN3O. The van der Waals surface area contributed by atoms with Crippen LogP contribution in [-0.4, -0.2) is 10.1 Å². The van der Waals surface area contributed by atoms with E-state index in [1.807, 2.05) is 6.07 Å². The highest BCUT2D eigenvalue weighted by atomic mass is 19.1. The number of halogens is 1. The van der Waals surface area contributed by atoms with Gasteiger partial charge in [-0.15, -0.1) is 0 Å². The van der Waals surface area contributed by atoms with Crippen LogP contribution in [0.15, 0.2) is 22.7 Å². The van der Waals surface area contributed by atoms with E-state index < -0.39 is 0 Å². The fourth-order valence-electron chi connectivity index (χ4n) is 1.38. The van der Waals surface area contributed by atoms with E-state index in [-0.39, 0.29) is 18.1 Å². The van der Waals surface area contributed by atoms with Gasteiger partial charge in [0.25, 0.3) is 0 Å². The van der Waals surface area contributed by atoms with Crippen molar-refractivity contribution in [2.24, 2.45) is 0 Å². The van der Waals surface area contributed by atoms with E-state index >= 15 is 0 Å². The van der Waals surface area contributed by atoms with Crippen molar-refractivity contribution in [2.45, 2.75) is 13.3 Å². The lowest BCUT2D eigenvalue weighted by Crippen LogP contribution is -1.87. The molecule has 0 saturated carbocycles. The minimum Gasteiger partial charge on any atom is -0.338 e. The Morgan fingerprint density at radius 2 is 2.31 bits per heavy atom. The van der Waals surface area contributed by atoms with Gasteiger partial charge in [0, 0.05) is 5.56 Å². The Morgan fingerprint density at radius 3 is 3.00 bits per heavy atom. The molecule has 1 heterocycles. The van der Waals surface area contributed by atoms with Crippen LogP contribution >= 0.6 is 0 Å². The number of hydrogen-bond donors (Lipinski definition) is 0. The highest BCUT2D eigenvalue weighted by Gasteiger charge is 2.10. The predicted molar refractivity (Wildman–Crippen MR) is 53.7 cm³/mol. The van der Waals surface area contributed by atoms with E-state index in [1.54, 1.807) is 13.0 Å². The second-order valence-corrected chi connectivity index (χ2v) is 3.31. The van der Waals surface area contributed by atoms with E-state index in [1.165, 1.54) is 12.1 Å². The van der Waals surface area contributed by atoms with Crippen LogP contribution in [0.25, 0.3) is 11.4 Å². The molecule has 0 amide bonds. The SMILES string of the molecule is Cc1cc(F)ccc1-c1noc(CC#N)n1. The summed E-state index contributed by atoms with van der Waals surface area (Å²) in [5.74, 6) is 0.339. The third kappa shape index (κ3) is 1.91. The minimum absolute atomic E-state index is 0.0766. The number of hydrogen-bond acceptors (Lipinski definition) is 4. The standard InChI is InChI=1S/C11H8FN3O/c1-7-6-8(12)2-3-9(7)11-14-10(4-5-13)16-15-11/h2-3,6H,4H2,1H3.